The highest BCUT2D eigenvalue weighted by Crippen LogP contribution is 2.23. The molecule has 0 atom stereocenters. The molecule has 20 heavy (non-hydrogen) atoms. The average Bonchev–Trinajstić information content (AvgIpc) is 2.44. The number of oxime groups is 1. The fraction of sp³-hybridized carbons (Fsp3) is 0.429. The minimum atomic E-state index is -0.155. The molecule has 108 valence electrons. The highest BCUT2D eigenvalue weighted by atomic mass is 16.5. The summed E-state index contributed by atoms with van der Waals surface area (Å²) in [5.74, 6) is -0.169. The molecule has 0 saturated heterocycles. The quantitative estimate of drug-likeness (QED) is 0.325. The Morgan fingerprint density at radius 2 is 2.20 bits per heavy atom. The number of carbonyl (C=O) groups is 1. The molecule has 0 radical (unpaired) electrons. The zero-order valence-corrected chi connectivity index (χ0v) is 11.4. The summed E-state index contributed by atoms with van der Waals surface area (Å²) in [5.41, 5.74) is 6.51. The van der Waals surface area contributed by atoms with Crippen LogP contribution in [-0.4, -0.2) is 35.7 Å². The number of amidine groups is 1. The topological polar surface area (TPSA) is 96.9 Å². The Morgan fingerprint density at radius 3 is 2.85 bits per heavy atom. The van der Waals surface area contributed by atoms with Gasteiger partial charge in [-0.1, -0.05) is 17.3 Å². The van der Waals surface area contributed by atoms with Crippen LogP contribution in [0.4, 0.5) is 0 Å². The van der Waals surface area contributed by atoms with Crippen molar-refractivity contribution < 1.29 is 14.7 Å². The molecule has 0 aliphatic heterocycles. The van der Waals surface area contributed by atoms with Gasteiger partial charge in [-0.2, -0.15) is 0 Å². The minimum Gasteiger partial charge on any atom is -0.409 e. The molecule has 6 nitrogen and oxygen atoms in total. The van der Waals surface area contributed by atoms with Gasteiger partial charge < -0.3 is 21.0 Å². The van der Waals surface area contributed by atoms with E-state index in [1.807, 2.05) is 6.92 Å². The number of rotatable bonds is 5. The van der Waals surface area contributed by atoms with Crippen molar-refractivity contribution in [1.29, 1.82) is 0 Å². The first-order valence-corrected chi connectivity index (χ1v) is 6.64. The van der Waals surface area contributed by atoms with E-state index in [2.05, 4.69) is 10.5 Å². The first-order chi connectivity index (χ1) is 9.63. The van der Waals surface area contributed by atoms with Gasteiger partial charge in [0, 0.05) is 23.8 Å². The monoisotopic (exact) mass is 277 g/mol. The number of carbonyl (C=O) groups excluding carboxylic acids is 1. The van der Waals surface area contributed by atoms with Crippen LogP contribution in [0, 0.1) is 0 Å². The highest BCUT2D eigenvalue weighted by Gasteiger charge is 2.30. The maximum Gasteiger partial charge on any atom is 0.251 e. The molecule has 0 spiro atoms. The Bertz CT molecular complexity index is 510. The van der Waals surface area contributed by atoms with Crippen molar-refractivity contribution in [3.8, 4) is 0 Å². The Labute approximate surface area is 117 Å². The smallest absolute Gasteiger partial charge is 0.251 e. The maximum absolute atomic E-state index is 12.1. The van der Waals surface area contributed by atoms with Crippen molar-refractivity contribution >= 4 is 11.7 Å². The molecule has 1 aromatic carbocycles. The Balaban J connectivity index is 1.93. The van der Waals surface area contributed by atoms with Crippen LogP contribution in [0.1, 0.15) is 35.7 Å². The number of amides is 1. The molecular formula is C14H19N3O3. The lowest BCUT2D eigenvalue weighted by atomic mass is 9.89. The van der Waals surface area contributed by atoms with Gasteiger partial charge in [-0.05, 0) is 31.9 Å². The van der Waals surface area contributed by atoms with Crippen LogP contribution in [0.5, 0.6) is 0 Å². The van der Waals surface area contributed by atoms with Crippen molar-refractivity contribution in [1.82, 2.24) is 5.32 Å². The first kappa shape index (κ1) is 14.3. The Kier molecular flexibility index (Phi) is 4.57. The molecule has 0 bridgehead atoms. The SMILES string of the molecule is CCOC1CC(NC(=O)c2cccc(/C(N)=N/O)c2)C1. The lowest BCUT2D eigenvalue weighted by Gasteiger charge is -2.35. The van der Waals surface area contributed by atoms with Crippen LogP contribution < -0.4 is 11.1 Å². The molecule has 0 heterocycles. The third-order valence-corrected chi connectivity index (χ3v) is 3.36. The third-order valence-electron chi connectivity index (χ3n) is 3.36. The van der Waals surface area contributed by atoms with Crippen molar-refractivity contribution in [3.05, 3.63) is 35.4 Å². The van der Waals surface area contributed by atoms with E-state index in [-0.39, 0.29) is 23.9 Å². The molecule has 1 aromatic rings. The molecule has 1 fully saturated rings. The third kappa shape index (κ3) is 3.27. The summed E-state index contributed by atoms with van der Waals surface area (Å²) in [5, 5.41) is 14.5. The van der Waals surface area contributed by atoms with Gasteiger partial charge in [-0.3, -0.25) is 4.79 Å². The van der Waals surface area contributed by atoms with E-state index in [0.29, 0.717) is 17.7 Å². The summed E-state index contributed by atoms with van der Waals surface area (Å²) in [6.07, 6.45) is 1.95. The minimum absolute atomic E-state index is 0.0142. The van der Waals surface area contributed by atoms with Crippen LogP contribution in [0.15, 0.2) is 29.4 Å². The fourth-order valence-corrected chi connectivity index (χ4v) is 2.20. The van der Waals surface area contributed by atoms with E-state index in [0.717, 1.165) is 12.8 Å². The molecule has 1 aliphatic rings. The molecule has 0 aromatic heterocycles. The zero-order valence-electron chi connectivity index (χ0n) is 11.4. The number of nitrogens with zero attached hydrogens (tertiary/aromatic N) is 1. The van der Waals surface area contributed by atoms with Gasteiger partial charge in [0.15, 0.2) is 5.84 Å². The molecule has 4 N–H and O–H groups in total. The van der Waals surface area contributed by atoms with Crippen LogP contribution in [0.25, 0.3) is 0 Å². The van der Waals surface area contributed by atoms with E-state index in [4.69, 9.17) is 15.7 Å². The fourth-order valence-electron chi connectivity index (χ4n) is 2.20. The number of hydrogen-bond donors (Lipinski definition) is 3. The molecule has 1 saturated carbocycles. The Morgan fingerprint density at radius 1 is 1.50 bits per heavy atom. The number of hydrogen-bond acceptors (Lipinski definition) is 4. The number of ether oxygens (including phenoxy) is 1. The summed E-state index contributed by atoms with van der Waals surface area (Å²) in [4.78, 5) is 12.1. The predicted octanol–water partition coefficient (Wildman–Crippen LogP) is 1.08. The van der Waals surface area contributed by atoms with Gasteiger partial charge in [0.25, 0.3) is 5.91 Å². The summed E-state index contributed by atoms with van der Waals surface area (Å²) < 4.78 is 5.45. The number of nitrogens with one attached hydrogen (secondary N) is 1. The van der Waals surface area contributed by atoms with E-state index in [9.17, 15) is 4.79 Å². The van der Waals surface area contributed by atoms with Crippen LogP contribution in [-0.2, 0) is 4.74 Å². The number of nitrogens with two attached hydrogens (primary N) is 1. The van der Waals surface area contributed by atoms with E-state index >= 15 is 0 Å². The van der Waals surface area contributed by atoms with E-state index < -0.39 is 0 Å². The van der Waals surface area contributed by atoms with Gasteiger partial charge in [0.2, 0.25) is 0 Å². The van der Waals surface area contributed by atoms with Gasteiger partial charge in [0.1, 0.15) is 0 Å². The van der Waals surface area contributed by atoms with Crippen molar-refractivity contribution in [2.45, 2.75) is 31.9 Å². The van der Waals surface area contributed by atoms with Gasteiger partial charge in [-0.15, -0.1) is 0 Å². The van der Waals surface area contributed by atoms with E-state index in [1.165, 1.54) is 0 Å². The summed E-state index contributed by atoms with van der Waals surface area (Å²) in [7, 11) is 0. The zero-order chi connectivity index (χ0) is 14.5. The highest BCUT2D eigenvalue weighted by molar-refractivity contribution is 6.01. The van der Waals surface area contributed by atoms with Crippen LogP contribution in [0.2, 0.25) is 0 Å². The van der Waals surface area contributed by atoms with Crippen molar-refractivity contribution in [2.75, 3.05) is 6.61 Å². The van der Waals surface area contributed by atoms with Gasteiger partial charge >= 0.3 is 0 Å². The second-order valence-electron chi connectivity index (χ2n) is 4.79. The molecular weight excluding hydrogens is 258 g/mol. The molecule has 6 heteroatoms. The second kappa shape index (κ2) is 6.38. The maximum atomic E-state index is 12.1. The second-order valence-corrected chi connectivity index (χ2v) is 4.79. The van der Waals surface area contributed by atoms with E-state index in [1.54, 1.807) is 24.3 Å². The normalized spacial score (nSPS) is 22.1. The Hall–Kier alpha value is -2.08. The van der Waals surface area contributed by atoms with Crippen molar-refractivity contribution in [3.63, 3.8) is 0 Å². The first-order valence-electron chi connectivity index (χ1n) is 6.64. The van der Waals surface area contributed by atoms with Gasteiger partial charge in [0.05, 0.1) is 6.10 Å². The van der Waals surface area contributed by atoms with Crippen molar-refractivity contribution in [2.24, 2.45) is 10.9 Å². The summed E-state index contributed by atoms with van der Waals surface area (Å²) in [6.45, 7) is 2.66. The van der Waals surface area contributed by atoms with Gasteiger partial charge in [-0.25, -0.2) is 0 Å². The van der Waals surface area contributed by atoms with Crippen LogP contribution in [0.3, 0.4) is 0 Å². The molecule has 0 unspecified atom stereocenters. The summed E-state index contributed by atoms with van der Waals surface area (Å²) >= 11 is 0. The predicted molar refractivity (Wildman–Crippen MR) is 74.9 cm³/mol. The standard InChI is InChI=1S/C14H19N3O3/c1-2-20-12-7-11(8-12)16-14(18)10-5-3-4-9(6-10)13(15)17-19/h3-6,11-12,19H,2,7-8H2,1H3,(H2,15,17)(H,16,18). The average molecular weight is 277 g/mol. The number of benzene rings is 1. The van der Waals surface area contributed by atoms with Crippen LogP contribution >= 0.6 is 0 Å². The largest absolute Gasteiger partial charge is 0.409 e. The lowest BCUT2D eigenvalue weighted by Crippen LogP contribution is -2.47. The molecule has 2 rings (SSSR count). The summed E-state index contributed by atoms with van der Waals surface area (Å²) in [6, 6.07) is 6.84. The molecule has 1 amide bonds. The molecule has 1 aliphatic carbocycles. The lowest BCUT2D eigenvalue weighted by molar-refractivity contribution is -0.00862.